The van der Waals surface area contributed by atoms with Gasteiger partial charge in [0, 0.05) is 19.6 Å². The average Bonchev–Trinajstić information content (AvgIpc) is 2.58. The standard InChI is InChI=1S/C20H30N2O2/c1-15(2)18-20(24-16(3)19(23)21-18)10-13-22(14-11-20)12-9-17-7-5-4-6-8-17/h4-8,15-16,18H,9-14H2,1-3H3,(H,21,23). The van der Waals surface area contributed by atoms with Crippen molar-refractivity contribution < 1.29 is 9.53 Å². The number of morpholine rings is 1. The monoisotopic (exact) mass is 330 g/mol. The summed E-state index contributed by atoms with van der Waals surface area (Å²) in [6, 6.07) is 10.8. The van der Waals surface area contributed by atoms with Gasteiger partial charge < -0.3 is 15.0 Å². The Morgan fingerprint density at radius 3 is 2.54 bits per heavy atom. The number of ether oxygens (including phenoxy) is 1. The third-order valence-electron chi connectivity index (χ3n) is 5.57. The van der Waals surface area contributed by atoms with Crippen LogP contribution in [0.4, 0.5) is 0 Å². The van der Waals surface area contributed by atoms with Gasteiger partial charge in [0.25, 0.3) is 0 Å². The van der Waals surface area contributed by atoms with Crippen molar-refractivity contribution in [2.75, 3.05) is 19.6 Å². The quantitative estimate of drug-likeness (QED) is 0.923. The Morgan fingerprint density at radius 2 is 1.92 bits per heavy atom. The van der Waals surface area contributed by atoms with Crippen LogP contribution < -0.4 is 5.32 Å². The van der Waals surface area contributed by atoms with Crippen LogP contribution in [0.2, 0.25) is 0 Å². The number of hydrogen-bond donors (Lipinski definition) is 1. The van der Waals surface area contributed by atoms with Crippen LogP contribution in [0.3, 0.4) is 0 Å². The molecule has 2 atom stereocenters. The van der Waals surface area contributed by atoms with Crippen LogP contribution in [0.25, 0.3) is 0 Å². The normalized spacial score (nSPS) is 27.4. The van der Waals surface area contributed by atoms with Crippen molar-refractivity contribution in [3.8, 4) is 0 Å². The minimum atomic E-state index is -0.337. The number of carbonyl (C=O) groups is 1. The highest BCUT2D eigenvalue weighted by molar-refractivity contribution is 5.81. The van der Waals surface area contributed by atoms with Crippen LogP contribution in [0.1, 0.15) is 39.2 Å². The number of likely N-dealkylation sites (tertiary alicyclic amines) is 1. The van der Waals surface area contributed by atoms with Crippen molar-refractivity contribution in [2.24, 2.45) is 5.92 Å². The number of benzene rings is 1. The molecule has 1 aromatic rings. The van der Waals surface area contributed by atoms with Crippen molar-refractivity contribution in [2.45, 2.75) is 57.8 Å². The molecule has 2 fully saturated rings. The molecule has 2 saturated heterocycles. The molecule has 4 nitrogen and oxygen atoms in total. The van der Waals surface area contributed by atoms with Crippen molar-refractivity contribution >= 4 is 5.91 Å². The van der Waals surface area contributed by atoms with E-state index in [2.05, 4.69) is 54.4 Å². The highest BCUT2D eigenvalue weighted by atomic mass is 16.5. The molecule has 3 rings (SSSR count). The highest BCUT2D eigenvalue weighted by Gasteiger charge is 2.49. The third kappa shape index (κ3) is 3.65. The molecular formula is C20H30N2O2. The second-order valence-electron chi connectivity index (χ2n) is 7.63. The van der Waals surface area contributed by atoms with E-state index in [1.54, 1.807) is 0 Å². The average molecular weight is 330 g/mol. The lowest BCUT2D eigenvalue weighted by atomic mass is 9.77. The van der Waals surface area contributed by atoms with E-state index in [1.807, 2.05) is 6.92 Å². The Bertz CT molecular complexity index is 550. The second kappa shape index (κ2) is 7.24. The van der Waals surface area contributed by atoms with Crippen LogP contribution in [0.15, 0.2) is 30.3 Å². The zero-order valence-electron chi connectivity index (χ0n) is 15.1. The van der Waals surface area contributed by atoms with Gasteiger partial charge in [-0.15, -0.1) is 0 Å². The van der Waals surface area contributed by atoms with Crippen molar-refractivity contribution in [3.05, 3.63) is 35.9 Å². The van der Waals surface area contributed by atoms with Gasteiger partial charge in [0.1, 0.15) is 6.10 Å². The van der Waals surface area contributed by atoms with E-state index in [4.69, 9.17) is 4.74 Å². The van der Waals surface area contributed by atoms with E-state index in [0.29, 0.717) is 5.92 Å². The van der Waals surface area contributed by atoms with Gasteiger partial charge in [0.05, 0.1) is 11.6 Å². The Morgan fingerprint density at radius 1 is 1.25 bits per heavy atom. The molecule has 4 heteroatoms. The molecule has 0 radical (unpaired) electrons. The van der Waals surface area contributed by atoms with Gasteiger partial charge >= 0.3 is 0 Å². The fourth-order valence-electron chi connectivity index (χ4n) is 4.17. The number of rotatable bonds is 4. The predicted octanol–water partition coefficient (Wildman–Crippen LogP) is 2.62. The lowest BCUT2D eigenvalue weighted by Crippen LogP contribution is -2.67. The molecule has 2 aliphatic heterocycles. The Balaban J connectivity index is 1.59. The molecule has 1 aromatic carbocycles. The molecule has 1 amide bonds. The molecule has 2 unspecified atom stereocenters. The van der Waals surface area contributed by atoms with E-state index in [9.17, 15) is 4.79 Å². The van der Waals surface area contributed by atoms with Crippen molar-refractivity contribution in [3.63, 3.8) is 0 Å². The van der Waals surface area contributed by atoms with Crippen LogP contribution in [0.5, 0.6) is 0 Å². The molecule has 1 N–H and O–H groups in total. The van der Waals surface area contributed by atoms with Crippen LogP contribution in [-0.4, -0.2) is 48.2 Å². The number of piperidine rings is 1. The van der Waals surface area contributed by atoms with Crippen molar-refractivity contribution in [1.82, 2.24) is 10.2 Å². The fourth-order valence-corrected chi connectivity index (χ4v) is 4.17. The molecule has 24 heavy (non-hydrogen) atoms. The van der Waals surface area contributed by atoms with Gasteiger partial charge in [-0.3, -0.25) is 4.79 Å². The smallest absolute Gasteiger partial charge is 0.249 e. The Labute approximate surface area is 145 Å². The summed E-state index contributed by atoms with van der Waals surface area (Å²) in [5.41, 5.74) is 1.21. The summed E-state index contributed by atoms with van der Waals surface area (Å²) < 4.78 is 6.27. The predicted molar refractivity (Wildman–Crippen MR) is 95.9 cm³/mol. The molecule has 132 valence electrons. The first-order valence-corrected chi connectivity index (χ1v) is 9.25. The number of nitrogens with one attached hydrogen (secondary N) is 1. The molecule has 0 saturated carbocycles. The molecule has 0 aliphatic carbocycles. The van der Waals surface area contributed by atoms with E-state index in [-0.39, 0.29) is 23.7 Å². The van der Waals surface area contributed by atoms with Gasteiger partial charge in [-0.05, 0) is 37.7 Å². The lowest BCUT2D eigenvalue weighted by Gasteiger charge is -2.51. The first kappa shape index (κ1) is 17.4. The summed E-state index contributed by atoms with van der Waals surface area (Å²) >= 11 is 0. The fraction of sp³-hybridized carbons (Fsp3) is 0.650. The summed E-state index contributed by atoms with van der Waals surface area (Å²) in [6.07, 6.45) is 2.75. The van der Waals surface area contributed by atoms with E-state index in [1.165, 1.54) is 5.56 Å². The summed E-state index contributed by atoms with van der Waals surface area (Å²) in [6.45, 7) is 9.39. The number of nitrogens with zero attached hydrogens (tertiary/aromatic N) is 1. The minimum Gasteiger partial charge on any atom is -0.360 e. The molecule has 2 aliphatic rings. The molecule has 0 aromatic heterocycles. The van der Waals surface area contributed by atoms with Crippen LogP contribution in [0, 0.1) is 5.92 Å². The first-order chi connectivity index (χ1) is 11.5. The maximum atomic E-state index is 12.0. The van der Waals surface area contributed by atoms with E-state index < -0.39 is 0 Å². The first-order valence-electron chi connectivity index (χ1n) is 9.25. The van der Waals surface area contributed by atoms with Crippen LogP contribution >= 0.6 is 0 Å². The number of carbonyl (C=O) groups excluding carboxylic acids is 1. The van der Waals surface area contributed by atoms with Gasteiger partial charge in [0.15, 0.2) is 0 Å². The Kier molecular flexibility index (Phi) is 5.26. The summed E-state index contributed by atoms with van der Waals surface area (Å²) in [5, 5.41) is 3.22. The summed E-state index contributed by atoms with van der Waals surface area (Å²) in [7, 11) is 0. The highest BCUT2D eigenvalue weighted by Crippen LogP contribution is 2.36. The third-order valence-corrected chi connectivity index (χ3v) is 5.57. The molecule has 0 bridgehead atoms. The zero-order valence-corrected chi connectivity index (χ0v) is 15.1. The SMILES string of the molecule is CC1OC2(CCN(CCc3ccccc3)CC2)C(C(C)C)NC1=O. The van der Waals surface area contributed by atoms with Gasteiger partial charge in [-0.25, -0.2) is 0 Å². The zero-order chi connectivity index (χ0) is 17.2. The lowest BCUT2D eigenvalue weighted by molar-refractivity contribution is -0.184. The second-order valence-corrected chi connectivity index (χ2v) is 7.63. The minimum absolute atomic E-state index is 0.0332. The topological polar surface area (TPSA) is 41.6 Å². The number of amides is 1. The van der Waals surface area contributed by atoms with E-state index >= 15 is 0 Å². The van der Waals surface area contributed by atoms with E-state index in [0.717, 1.165) is 38.9 Å². The number of hydrogen-bond acceptors (Lipinski definition) is 3. The summed E-state index contributed by atoms with van der Waals surface area (Å²) in [4.78, 5) is 14.5. The summed E-state index contributed by atoms with van der Waals surface area (Å²) in [5.74, 6) is 0.420. The molecule has 2 heterocycles. The van der Waals surface area contributed by atoms with Crippen LogP contribution in [-0.2, 0) is 16.0 Å². The largest absolute Gasteiger partial charge is 0.360 e. The van der Waals surface area contributed by atoms with Gasteiger partial charge in [-0.2, -0.15) is 0 Å². The van der Waals surface area contributed by atoms with Gasteiger partial charge in [-0.1, -0.05) is 44.2 Å². The Hall–Kier alpha value is -1.39. The van der Waals surface area contributed by atoms with Gasteiger partial charge in [0.2, 0.25) is 5.91 Å². The maximum absolute atomic E-state index is 12.0. The maximum Gasteiger partial charge on any atom is 0.249 e. The molecular weight excluding hydrogens is 300 g/mol. The molecule has 1 spiro atoms. The van der Waals surface area contributed by atoms with Crippen molar-refractivity contribution in [1.29, 1.82) is 0 Å².